The van der Waals surface area contributed by atoms with Crippen LogP contribution in [0.1, 0.15) is 50.4 Å². The van der Waals surface area contributed by atoms with Crippen LogP contribution >= 0.6 is 10.3 Å². The third-order valence-corrected chi connectivity index (χ3v) is 9.42. The molecular formula is C34H38O6S. The molecule has 0 spiro atoms. The van der Waals surface area contributed by atoms with E-state index in [9.17, 15) is 9.90 Å². The lowest BCUT2D eigenvalue weighted by atomic mass is 10.2. The van der Waals surface area contributed by atoms with E-state index in [2.05, 4.69) is 20.8 Å². The van der Waals surface area contributed by atoms with Gasteiger partial charge in [0.2, 0.25) is 0 Å². The number of para-hydroxylation sites is 1. The van der Waals surface area contributed by atoms with Gasteiger partial charge in [-0.05, 0) is 115 Å². The summed E-state index contributed by atoms with van der Waals surface area (Å²) >= 11 is 0. The molecule has 0 atom stereocenters. The van der Waals surface area contributed by atoms with E-state index >= 15 is 0 Å². The second kappa shape index (κ2) is 14.5. The van der Waals surface area contributed by atoms with Gasteiger partial charge in [0.15, 0.2) is 0 Å². The Kier molecular flexibility index (Phi) is 10.6. The molecule has 0 fully saturated rings. The smallest absolute Gasteiger partial charge is 0.353 e. The fourth-order valence-electron chi connectivity index (χ4n) is 4.20. The van der Waals surface area contributed by atoms with Crippen LogP contribution in [0.15, 0.2) is 112 Å². The van der Waals surface area contributed by atoms with Crippen molar-refractivity contribution in [3.63, 3.8) is 0 Å². The lowest BCUT2D eigenvalue weighted by Crippen LogP contribution is -2.14. The predicted molar refractivity (Wildman–Crippen MR) is 163 cm³/mol. The summed E-state index contributed by atoms with van der Waals surface area (Å²) in [6, 6.07) is 29.5. The van der Waals surface area contributed by atoms with E-state index in [0.717, 1.165) is 51.2 Å². The fourth-order valence-corrected chi connectivity index (χ4v) is 7.18. The van der Waals surface area contributed by atoms with Gasteiger partial charge in [-0.2, -0.15) is 0 Å². The molecule has 4 rings (SSSR count). The van der Waals surface area contributed by atoms with Gasteiger partial charge in [-0.25, -0.2) is 4.79 Å². The average Bonchev–Trinajstić information content (AvgIpc) is 3.01. The maximum atomic E-state index is 13.8. The molecular weight excluding hydrogens is 536 g/mol. The first-order valence-electron chi connectivity index (χ1n) is 14.1. The number of hydrogen-bond acceptors (Lipinski definition) is 6. The zero-order chi connectivity index (χ0) is 29.1. The van der Waals surface area contributed by atoms with Crippen LogP contribution in [0.3, 0.4) is 0 Å². The van der Waals surface area contributed by atoms with Crippen molar-refractivity contribution in [1.82, 2.24) is 0 Å². The summed E-state index contributed by atoms with van der Waals surface area (Å²) in [5.74, 6) is 1.45. The number of carbonyl (C=O) groups is 1. The summed E-state index contributed by atoms with van der Waals surface area (Å²) in [6.07, 6.45) is 2.69. The third-order valence-electron chi connectivity index (χ3n) is 6.21. The first-order valence-corrected chi connectivity index (χ1v) is 15.6. The summed E-state index contributed by atoms with van der Waals surface area (Å²) < 4.78 is 24.1. The average molecular weight is 575 g/mol. The van der Waals surface area contributed by atoms with Gasteiger partial charge in [-0.15, -0.1) is 0 Å². The molecule has 0 aliphatic heterocycles. The lowest BCUT2D eigenvalue weighted by molar-refractivity contribution is 0.0754. The quantitative estimate of drug-likeness (QED) is 0.162. The molecule has 6 nitrogen and oxygen atoms in total. The molecule has 0 aromatic heterocycles. The van der Waals surface area contributed by atoms with Crippen molar-refractivity contribution in [3.8, 4) is 23.0 Å². The summed E-state index contributed by atoms with van der Waals surface area (Å²) in [5, 5.41) is 10.5. The maximum Gasteiger partial charge on any atom is 0.353 e. The number of carbonyl (C=O) groups excluding carboxylic acids is 1. The molecule has 41 heavy (non-hydrogen) atoms. The van der Waals surface area contributed by atoms with Crippen LogP contribution in [-0.4, -0.2) is 30.9 Å². The molecule has 0 heterocycles. The van der Waals surface area contributed by atoms with Crippen molar-refractivity contribution in [1.29, 1.82) is 0 Å². The van der Waals surface area contributed by atoms with Crippen molar-refractivity contribution in [2.75, 3.05) is 19.8 Å². The molecule has 0 saturated carbocycles. The minimum Gasteiger partial charge on any atom is -0.507 e. The largest absolute Gasteiger partial charge is 0.507 e. The van der Waals surface area contributed by atoms with Crippen LogP contribution < -0.4 is 14.2 Å². The van der Waals surface area contributed by atoms with Gasteiger partial charge in [-0.3, -0.25) is 0 Å². The summed E-state index contributed by atoms with van der Waals surface area (Å²) in [7, 11) is -2.64. The summed E-state index contributed by atoms with van der Waals surface area (Å²) in [4.78, 5) is 16.2. The topological polar surface area (TPSA) is 74.2 Å². The van der Waals surface area contributed by atoms with Gasteiger partial charge < -0.3 is 23.5 Å². The van der Waals surface area contributed by atoms with Gasteiger partial charge in [0.1, 0.15) is 28.6 Å². The van der Waals surface area contributed by atoms with E-state index in [0.29, 0.717) is 19.8 Å². The lowest BCUT2D eigenvalue weighted by Gasteiger charge is -2.40. The molecule has 0 bridgehead atoms. The molecule has 0 saturated heterocycles. The normalized spacial score (nSPS) is 11.5. The minimum absolute atomic E-state index is 0.0954. The highest BCUT2D eigenvalue weighted by Gasteiger charge is 2.37. The van der Waals surface area contributed by atoms with Crippen LogP contribution in [0.25, 0.3) is 0 Å². The highest BCUT2D eigenvalue weighted by atomic mass is 32.3. The number of hydrogen-bond donors (Lipinski definition) is 1. The molecule has 7 heteroatoms. The molecule has 0 aliphatic rings. The Hall–Kier alpha value is -4.10. The van der Waals surface area contributed by atoms with Gasteiger partial charge in [0.05, 0.1) is 19.8 Å². The van der Waals surface area contributed by atoms with Crippen LogP contribution in [0.4, 0.5) is 0 Å². The molecule has 4 aromatic rings. The molecule has 1 N–H and O–H groups in total. The van der Waals surface area contributed by atoms with Crippen LogP contribution in [0.5, 0.6) is 23.0 Å². The Morgan fingerprint density at radius 1 is 0.585 bits per heavy atom. The maximum absolute atomic E-state index is 13.8. The summed E-state index contributed by atoms with van der Waals surface area (Å²) in [6.45, 7) is 8.01. The number of rotatable bonds is 14. The first-order chi connectivity index (χ1) is 20.0. The Morgan fingerprint density at radius 3 is 1.29 bits per heavy atom. The number of phenolic OH excluding ortho intramolecular Hbond substituents is 1. The monoisotopic (exact) mass is 574 g/mol. The number of aromatic hydroxyl groups is 1. The van der Waals surface area contributed by atoms with Gasteiger partial charge in [0.25, 0.3) is 0 Å². The van der Waals surface area contributed by atoms with Crippen molar-refractivity contribution in [2.24, 2.45) is 0 Å². The van der Waals surface area contributed by atoms with E-state index in [-0.39, 0.29) is 11.3 Å². The Labute approximate surface area is 244 Å². The number of ether oxygens (including phenoxy) is 3. The Bertz CT molecular complexity index is 1260. The zero-order valence-electron chi connectivity index (χ0n) is 23.9. The highest BCUT2D eigenvalue weighted by Crippen LogP contribution is 2.69. The van der Waals surface area contributed by atoms with Crippen LogP contribution in [0.2, 0.25) is 0 Å². The van der Waals surface area contributed by atoms with Crippen LogP contribution in [0, 0.1) is 0 Å². The van der Waals surface area contributed by atoms with Crippen molar-refractivity contribution < 1.29 is 28.3 Å². The Balaban J connectivity index is 1.89. The molecule has 0 aliphatic carbocycles. The molecule has 4 aromatic carbocycles. The second-order valence-electron chi connectivity index (χ2n) is 9.40. The first kappa shape index (κ1) is 29.9. The Morgan fingerprint density at radius 2 is 0.951 bits per heavy atom. The van der Waals surface area contributed by atoms with E-state index in [4.69, 9.17) is 18.4 Å². The van der Waals surface area contributed by atoms with E-state index in [1.54, 1.807) is 18.2 Å². The van der Waals surface area contributed by atoms with Gasteiger partial charge >= 0.3 is 5.97 Å². The van der Waals surface area contributed by atoms with Crippen molar-refractivity contribution in [3.05, 3.63) is 103 Å². The van der Waals surface area contributed by atoms with E-state index in [1.165, 1.54) is 6.07 Å². The SMILES string of the molecule is CCCOc1ccc(S(OC(=O)c2ccccc2O)(c2ccc(OCCC)cc2)c2ccc(OCCC)cc2)cc1. The standard InChI is InChI=1S/C34H38O6S/c1-4-23-37-26-11-17-29(18-12-26)41(30-19-13-27(14-20-30)38-24-5-2,31-21-15-28(16-22-31)39-25-6-3)40-34(36)32-9-7-8-10-33(32)35/h7-22,35H,4-6,23-25H2,1-3H3. The van der Waals surface area contributed by atoms with Gasteiger partial charge in [-0.1, -0.05) is 32.9 Å². The molecule has 216 valence electrons. The van der Waals surface area contributed by atoms with E-state index in [1.807, 2.05) is 72.8 Å². The fraction of sp³-hybridized carbons (Fsp3) is 0.265. The highest BCUT2D eigenvalue weighted by molar-refractivity contribution is 8.30. The summed E-state index contributed by atoms with van der Waals surface area (Å²) in [5.41, 5.74) is 0.0954. The third kappa shape index (κ3) is 7.16. The molecule has 0 radical (unpaired) electrons. The van der Waals surface area contributed by atoms with Crippen molar-refractivity contribution in [2.45, 2.75) is 54.7 Å². The van der Waals surface area contributed by atoms with Crippen LogP contribution in [-0.2, 0) is 4.18 Å². The predicted octanol–water partition coefficient (Wildman–Crippen LogP) is 8.81. The zero-order valence-corrected chi connectivity index (χ0v) is 24.7. The molecule has 0 unspecified atom stereocenters. The van der Waals surface area contributed by atoms with Crippen molar-refractivity contribution >= 4 is 16.3 Å². The van der Waals surface area contributed by atoms with E-state index < -0.39 is 16.3 Å². The minimum atomic E-state index is -2.64. The molecule has 0 amide bonds. The second-order valence-corrected chi connectivity index (χ2v) is 12.1. The number of benzene rings is 4. The van der Waals surface area contributed by atoms with Gasteiger partial charge in [0, 0.05) is 14.7 Å². The number of phenols is 1.